The van der Waals surface area contributed by atoms with Gasteiger partial charge in [-0.25, -0.2) is 0 Å². The van der Waals surface area contributed by atoms with Crippen molar-refractivity contribution >= 4 is 23.2 Å². The molecule has 0 fully saturated rings. The highest BCUT2D eigenvalue weighted by Crippen LogP contribution is 2.18. The molecular weight excluding hydrogens is 350 g/mol. The van der Waals surface area contributed by atoms with Crippen LogP contribution in [0.25, 0.3) is 0 Å². The Bertz CT molecular complexity index is 760. The lowest BCUT2D eigenvalue weighted by Gasteiger charge is -2.08. The van der Waals surface area contributed by atoms with Gasteiger partial charge in [-0.05, 0) is 49.2 Å². The lowest BCUT2D eigenvalue weighted by Crippen LogP contribution is -2.19. The fourth-order valence-corrected chi connectivity index (χ4v) is 2.27. The maximum absolute atomic E-state index is 11.0. The second-order valence-electron chi connectivity index (χ2n) is 5.44. The number of aromatic nitrogens is 1. The quantitative estimate of drug-likeness (QED) is 0.590. The zero-order valence-electron chi connectivity index (χ0n) is 16.0. The van der Waals surface area contributed by atoms with Crippen molar-refractivity contribution in [2.45, 2.75) is 47.8 Å². The number of halogens is 1. The van der Waals surface area contributed by atoms with Crippen molar-refractivity contribution in [1.29, 1.82) is 0 Å². The topological polar surface area (TPSA) is 63.6 Å². The van der Waals surface area contributed by atoms with E-state index in [1.165, 1.54) is 6.92 Å². The lowest BCUT2D eigenvalue weighted by atomic mass is 10.1. The Labute approximate surface area is 160 Å². The first-order chi connectivity index (χ1) is 12.5. The molecule has 0 radical (unpaired) electrons. The van der Waals surface area contributed by atoms with Gasteiger partial charge in [0.2, 0.25) is 5.91 Å². The molecule has 26 heavy (non-hydrogen) atoms. The number of carbonyl (C=O) groups excluding carboxylic acids is 1. The van der Waals surface area contributed by atoms with E-state index in [1.807, 2.05) is 58.0 Å². The molecule has 0 aliphatic heterocycles. The van der Waals surface area contributed by atoms with E-state index in [4.69, 9.17) is 16.4 Å². The second kappa shape index (κ2) is 11.3. The molecule has 1 amide bonds. The third-order valence-corrected chi connectivity index (χ3v) is 3.72. The van der Waals surface area contributed by atoms with E-state index in [0.717, 1.165) is 28.2 Å². The van der Waals surface area contributed by atoms with E-state index in [-0.39, 0.29) is 5.91 Å². The van der Waals surface area contributed by atoms with Crippen LogP contribution in [0.2, 0.25) is 5.02 Å². The Morgan fingerprint density at radius 1 is 1.23 bits per heavy atom. The summed E-state index contributed by atoms with van der Waals surface area (Å²) in [7, 11) is 0. The first-order valence-corrected chi connectivity index (χ1v) is 8.96. The SMILES string of the molecule is CC.CC(=O)NCc1cc(/C(C)=N/OCc2cccc(C)n2)ccc1Cl. The van der Waals surface area contributed by atoms with Gasteiger partial charge in [-0.15, -0.1) is 0 Å². The van der Waals surface area contributed by atoms with E-state index < -0.39 is 0 Å². The van der Waals surface area contributed by atoms with Gasteiger partial charge in [-0.2, -0.15) is 0 Å². The number of hydrogen-bond acceptors (Lipinski definition) is 4. The maximum Gasteiger partial charge on any atom is 0.217 e. The Morgan fingerprint density at radius 2 is 1.96 bits per heavy atom. The molecule has 1 heterocycles. The molecule has 1 aromatic carbocycles. The molecule has 140 valence electrons. The normalized spacial score (nSPS) is 10.6. The van der Waals surface area contributed by atoms with Crippen molar-refractivity contribution in [1.82, 2.24) is 10.3 Å². The molecule has 2 rings (SSSR count). The molecule has 0 atom stereocenters. The van der Waals surface area contributed by atoms with Gasteiger partial charge in [0.15, 0.2) is 6.61 Å². The molecule has 0 saturated heterocycles. The molecule has 0 bridgehead atoms. The average molecular weight is 376 g/mol. The number of aryl methyl sites for hydroxylation is 1. The van der Waals surface area contributed by atoms with Crippen LogP contribution < -0.4 is 5.32 Å². The molecule has 0 aliphatic rings. The highest BCUT2D eigenvalue weighted by molar-refractivity contribution is 6.31. The summed E-state index contributed by atoms with van der Waals surface area (Å²) in [6, 6.07) is 11.3. The number of amides is 1. The lowest BCUT2D eigenvalue weighted by molar-refractivity contribution is -0.119. The van der Waals surface area contributed by atoms with E-state index in [2.05, 4.69) is 15.5 Å². The van der Waals surface area contributed by atoms with Crippen LogP contribution in [0.15, 0.2) is 41.6 Å². The number of nitrogens with one attached hydrogen (secondary N) is 1. The fourth-order valence-electron chi connectivity index (χ4n) is 2.08. The van der Waals surface area contributed by atoms with Crippen LogP contribution in [0.3, 0.4) is 0 Å². The minimum absolute atomic E-state index is 0.101. The van der Waals surface area contributed by atoms with Crippen LogP contribution in [0, 0.1) is 6.92 Å². The highest BCUT2D eigenvalue weighted by atomic mass is 35.5. The van der Waals surface area contributed by atoms with Gasteiger partial charge in [-0.3, -0.25) is 9.78 Å². The van der Waals surface area contributed by atoms with Crippen LogP contribution in [-0.4, -0.2) is 16.6 Å². The van der Waals surface area contributed by atoms with Crippen LogP contribution in [-0.2, 0) is 22.8 Å². The van der Waals surface area contributed by atoms with E-state index in [1.54, 1.807) is 6.07 Å². The summed E-state index contributed by atoms with van der Waals surface area (Å²) in [5, 5.41) is 7.47. The monoisotopic (exact) mass is 375 g/mol. The van der Waals surface area contributed by atoms with Crippen molar-refractivity contribution in [3.05, 3.63) is 63.9 Å². The fraction of sp³-hybridized carbons (Fsp3) is 0.350. The van der Waals surface area contributed by atoms with Crippen molar-refractivity contribution in [2.75, 3.05) is 0 Å². The molecule has 1 N–H and O–H groups in total. The molecule has 5 nitrogen and oxygen atoms in total. The number of oxime groups is 1. The Hall–Kier alpha value is -2.40. The summed E-state index contributed by atoms with van der Waals surface area (Å²) in [6.07, 6.45) is 0. The van der Waals surface area contributed by atoms with Gasteiger partial charge < -0.3 is 10.2 Å². The number of benzene rings is 1. The van der Waals surface area contributed by atoms with Gasteiger partial charge in [0.25, 0.3) is 0 Å². The van der Waals surface area contributed by atoms with Crippen LogP contribution in [0.5, 0.6) is 0 Å². The Kier molecular flexibility index (Phi) is 9.37. The smallest absolute Gasteiger partial charge is 0.217 e. The van der Waals surface area contributed by atoms with Crippen LogP contribution in [0.1, 0.15) is 50.2 Å². The first kappa shape index (κ1) is 21.6. The maximum atomic E-state index is 11.0. The molecule has 2 aromatic rings. The van der Waals surface area contributed by atoms with E-state index >= 15 is 0 Å². The third-order valence-electron chi connectivity index (χ3n) is 3.35. The highest BCUT2D eigenvalue weighted by Gasteiger charge is 2.06. The number of rotatable bonds is 6. The molecular formula is C20H26ClN3O2. The van der Waals surface area contributed by atoms with Gasteiger partial charge in [0.05, 0.1) is 11.4 Å². The van der Waals surface area contributed by atoms with Crippen molar-refractivity contribution in [3.63, 3.8) is 0 Å². The van der Waals surface area contributed by atoms with Gasteiger partial charge >= 0.3 is 0 Å². The summed E-state index contributed by atoms with van der Waals surface area (Å²) >= 11 is 6.15. The van der Waals surface area contributed by atoms with Crippen LogP contribution in [0.4, 0.5) is 0 Å². The number of hydrogen-bond donors (Lipinski definition) is 1. The Morgan fingerprint density at radius 3 is 2.62 bits per heavy atom. The van der Waals surface area contributed by atoms with Crippen molar-refractivity contribution < 1.29 is 9.63 Å². The molecule has 0 aliphatic carbocycles. The zero-order chi connectivity index (χ0) is 19.5. The van der Waals surface area contributed by atoms with Gasteiger partial charge in [-0.1, -0.05) is 42.7 Å². The van der Waals surface area contributed by atoms with Gasteiger partial charge in [0.1, 0.15) is 0 Å². The van der Waals surface area contributed by atoms with E-state index in [0.29, 0.717) is 18.2 Å². The standard InChI is InChI=1S/C18H20ClN3O2.C2H6/c1-12-5-4-6-17(21-12)11-24-22-13(2)15-7-8-18(19)16(9-15)10-20-14(3)23;1-2/h4-9H,10-11H2,1-3H3,(H,20,23);1-2H3/b22-13+;. The van der Waals surface area contributed by atoms with Crippen molar-refractivity contribution in [3.8, 4) is 0 Å². The molecule has 1 aromatic heterocycles. The predicted octanol–water partition coefficient (Wildman–Crippen LogP) is 4.65. The summed E-state index contributed by atoms with van der Waals surface area (Å²) < 4.78 is 0. The molecule has 6 heteroatoms. The average Bonchev–Trinajstić information content (AvgIpc) is 2.62. The third kappa shape index (κ3) is 7.23. The first-order valence-electron chi connectivity index (χ1n) is 8.58. The Balaban J connectivity index is 0.00000163. The predicted molar refractivity (Wildman–Crippen MR) is 106 cm³/mol. The summed E-state index contributed by atoms with van der Waals surface area (Å²) in [6.45, 7) is 9.95. The number of pyridine rings is 1. The number of carbonyl (C=O) groups is 1. The number of nitrogens with zero attached hydrogens (tertiary/aromatic N) is 2. The molecule has 0 unspecified atom stereocenters. The van der Waals surface area contributed by atoms with Gasteiger partial charge in [0, 0.05) is 24.2 Å². The summed E-state index contributed by atoms with van der Waals surface area (Å²) in [4.78, 5) is 20.8. The minimum atomic E-state index is -0.101. The molecule has 0 saturated carbocycles. The molecule has 0 spiro atoms. The summed E-state index contributed by atoms with van der Waals surface area (Å²) in [5.41, 5.74) is 4.21. The van der Waals surface area contributed by atoms with Crippen molar-refractivity contribution in [2.24, 2.45) is 5.16 Å². The van der Waals surface area contributed by atoms with Crippen LogP contribution >= 0.6 is 11.6 Å². The minimum Gasteiger partial charge on any atom is -0.389 e. The zero-order valence-corrected chi connectivity index (χ0v) is 16.7. The second-order valence-corrected chi connectivity index (χ2v) is 5.84. The summed E-state index contributed by atoms with van der Waals surface area (Å²) in [5.74, 6) is -0.101. The van der Waals surface area contributed by atoms with E-state index in [9.17, 15) is 4.79 Å². The largest absolute Gasteiger partial charge is 0.389 e.